The van der Waals surface area contributed by atoms with E-state index in [2.05, 4.69) is 5.32 Å². The summed E-state index contributed by atoms with van der Waals surface area (Å²) in [6.07, 6.45) is 4.93. The summed E-state index contributed by atoms with van der Waals surface area (Å²) in [6.45, 7) is 6.76. The Morgan fingerprint density at radius 3 is 2.80 bits per heavy atom. The van der Waals surface area contributed by atoms with Crippen LogP contribution < -0.4 is 5.32 Å². The molecule has 0 bridgehead atoms. The second-order valence-corrected chi connectivity index (χ2v) is 4.72. The number of aryl methyl sites for hydroxylation is 2. The Balaban J connectivity index is 2.47. The average Bonchev–Trinajstić information content (AvgIpc) is 2.54. The van der Waals surface area contributed by atoms with Gasteiger partial charge in [-0.3, -0.25) is 4.79 Å². The Bertz CT molecular complexity index is 346. The van der Waals surface area contributed by atoms with Crippen molar-refractivity contribution >= 4 is 17.2 Å². The van der Waals surface area contributed by atoms with Crippen LogP contribution in [0.1, 0.15) is 33.5 Å². The minimum Gasteiger partial charge on any atom is -0.351 e. The molecule has 0 saturated carbocycles. The summed E-state index contributed by atoms with van der Waals surface area (Å²) in [5, 5.41) is 2.89. The third kappa shape index (κ3) is 3.51. The van der Waals surface area contributed by atoms with Crippen molar-refractivity contribution in [3.05, 3.63) is 33.5 Å². The number of nitrogens with one attached hydrogen (secondary N) is 1. The molecule has 0 aliphatic rings. The van der Waals surface area contributed by atoms with Gasteiger partial charge in [-0.1, -0.05) is 12.2 Å². The highest BCUT2D eigenvalue weighted by atomic mass is 32.1. The highest BCUT2D eigenvalue weighted by molar-refractivity contribution is 7.14. The number of allylic oxidation sites excluding steroid dienone is 1. The Morgan fingerprint density at radius 1 is 1.53 bits per heavy atom. The van der Waals surface area contributed by atoms with Crippen molar-refractivity contribution in [1.82, 2.24) is 5.32 Å². The fourth-order valence-electron chi connectivity index (χ4n) is 1.21. The van der Waals surface area contributed by atoms with Crippen molar-refractivity contribution in [3.63, 3.8) is 0 Å². The molecule has 1 N–H and O–H groups in total. The van der Waals surface area contributed by atoms with Gasteiger partial charge in [0.25, 0.3) is 5.91 Å². The zero-order chi connectivity index (χ0) is 11.3. The molecular formula is C12H17NOS. The number of hydrogen-bond donors (Lipinski definition) is 1. The van der Waals surface area contributed by atoms with Gasteiger partial charge >= 0.3 is 0 Å². The molecule has 0 saturated heterocycles. The molecule has 1 aromatic heterocycles. The number of carbonyl (C=O) groups excluding carboxylic acids is 1. The number of amides is 1. The smallest absolute Gasteiger partial charge is 0.261 e. The molecular weight excluding hydrogens is 206 g/mol. The number of rotatable bonds is 4. The van der Waals surface area contributed by atoms with Crippen molar-refractivity contribution in [2.45, 2.75) is 27.2 Å². The summed E-state index contributed by atoms with van der Waals surface area (Å²) in [4.78, 5) is 13.7. The van der Waals surface area contributed by atoms with Crippen LogP contribution >= 0.6 is 11.3 Å². The molecule has 1 heterocycles. The Labute approximate surface area is 95.0 Å². The first-order chi connectivity index (χ1) is 7.15. The summed E-state index contributed by atoms with van der Waals surface area (Å²) in [5.74, 6) is 0.0423. The third-order valence-corrected chi connectivity index (χ3v) is 3.37. The van der Waals surface area contributed by atoms with Crippen LogP contribution in [0.3, 0.4) is 0 Å². The zero-order valence-electron chi connectivity index (χ0n) is 9.46. The molecule has 1 amide bonds. The zero-order valence-corrected chi connectivity index (χ0v) is 10.3. The van der Waals surface area contributed by atoms with Gasteiger partial charge in [-0.15, -0.1) is 11.3 Å². The summed E-state index contributed by atoms with van der Waals surface area (Å²) < 4.78 is 0. The highest BCUT2D eigenvalue weighted by Gasteiger charge is 2.08. The summed E-state index contributed by atoms with van der Waals surface area (Å²) in [7, 11) is 0. The minimum atomic E-state index is 0.0423. The van der Waals surface area contributed by atoms with Gasteiger partial charge in [-0.25, -0.2) is 0 Å². The normalized spacial score (nSPS) is 10.9. The van der Waals surface area contributed by atoms with Crippen molar-refractivity contribution in [2.24, 2.45) is 0 Å². The highest BCUT2D eigenvalue weighted by Crippen LogP contribution is 2.20. The predicted molar refractivity (Wildman–Crippen MR) is 65.6 cm³/mol. The van der Waals surface area contributed by atoms with E-state index < -0.39 is 0 Å². The molecule has 0 fully saturated rings. The minimum absolute atomic E-state index is 0.0423. The lowest BCUT2D eigenvalue weighted by molar-refractivity contribution is 0.0958. The third-order valence-electron chi connectivity index (χ3n) is 2.22. The van der Waals surface area contributed by atoms with Crippen LogP contribution in [0.5, 0.6) is 0 Å². The average molecular weight is 223 g/mol. The van der Waals surface area contributed by atoms with E-state index in [-0.39, 0.29) is 5.91 Å². The van der Waals surface area contributed by atoms with E-state index in [0.29, 0.717) is 6.54 Å². The fraction of sp³-hybridized carbons (Fsp3) is 0.417. The molecule has 0 radical (unpaired) electrons. The molecule has 1 aromatic rings. The summed E-state index contributed by atoms with van der Waals surface area (Å²) in [6, 6.07) is 1.95. The standard InChI is InChI=1S/C12H17NOS/c1-4-5-6-7-13-12(14)11-8-9(2)10(3)15-11/h4-5,8H,6-7H2,1-3H3,(H,13,14)/b5-4+. The van der Waals surface area contributed by atoms with Gasteiger partial charge in [0.1, 0.15) is 0 Å². The van der Waals surface area contributed by atoms with E-state index >= 15 is 0 Å². The van der Waals surface area contributed by atoms with Crippen molar-refractivity contribution in [2.75, 3.05) is 6.54 Å². The lowest BCUT2D eigenvalue weighted by Crippen LogP contribution is -2.23. The summed E-state index contributed by atoms with van der Waals surface area (Å²) in [5.41, 5.74) is 1.19. The maximum Gasteiger partial charge on any atom is 0.261 e. The molecule has 0 aliphatic heterocycles. The van der Waals surface area contributed by atoms with Gasteiger partial charge in [0.2, 0.25) is 0 Å². The van der Waals surface area contributed by atoms with E-state index in [4.69, 9.17) is 0 Å². The lowest BCUT2D eigenvalue weighted by Gasteiger charge is -1.99. The number of hydrogen-bond acceptors (Lipinski definition) is 2. The molecule has 15 heavy (non-hydrogen) atoms. The van der Waals surface area contributed by atoms with Crippen LogP contribution in [0.15, 0.2) is 18.2 Å². The second kappa shape index (κ2) is 5.71. The molecule has 82 valence electrons. The Kier molecular flexibility index (Phi) is 4.56. The molecule has 2 nitrogen and oxygen atoms in total. The van der Waals surface area contributed by atoms with E-state index in [9.17, 15) is 4.79 Å². The molecule has 0 atom stereocenters. The van der Waals surface area contributed by atoms with Gasteiger partial charge in [-0.05, 0) is 38.8 Å². The van der Waals surface area contributed by atoms with Crippen molar-refractivity contribution in [3.8, 4) is 0 Å². The molecule has 1 rings (SSSR count). The monoisotopic (exact) mass is 223 g/mol. The van der Waals surface area contributed by atoms with Crippen molar-refractivity contribution < 1.29 is 4.79 Å². The van der Waals surface area contributed by atoms with Crippen LogP contribution in [0.2, 0.25) is 0 Å². The van der Waals surface area contributed by atoms with Gasteiger partial charge in [0.15, 0.2) is 0 Å². The second-order valence-electron chi connectivity index (χ2n) is 3.46. The quantitative estimate of drug-likeness (QED) is 0.617. The van der Waals surface area contributed by atoms with Gasteiger partial charge in [0, 0.05) is 11.4 Å². The Morgan fingerprint density at radius 2 is 2.27 bits per heavy atom. The van der Waals surface area contributed by atoms with E-state index in [1.54, 1.807) is 11.3 Å². The van der Waals surface area contributed by atoms with Gasteiger partial charge in [0.05, 0.1) is 4.88 Å². The van der Waals surface area contributed by atoms with Gasteiger partial charge < -0.3 is 5.32 Å². The predicted octanol–water partition coefficient (Wildman–Crippen LogP) is 3.06. The SMILES string of the molecule is C/C=C/CCNC(=O)c1cc(C)c(C)s1. The molecule has 0 aromatic carbocycles. The van der Waals surface area contributed by atoms with E-state index in [1.165, 1.54) is 10.4 Å². The topological polar surface area (TPSA) is 29.1 Å². The van der Waals surface area contributed by atoms with Crippen LogP contribution in [-0.2, 0) is 0 Å². The number of carbonyl (C=O) groups is 1. The molecule has 0 spiro atoms. The van der Waals surface area contributed by atoms with Crippen molar-refractivity contribution in [1.29, 1.82) is 0 Å². The van der Waals surface area contributed by atoms with Crippen LogP contribution in [0.4, 0.5) is 0 Å². The fourth-order valence-corrected chi connectivity index (χ4v) is 2.16. The maximum absolute atomic E-state index is 11.6. The first-order valence-electron chi connectivity index (χ1n) is 5.11. The molecule has 0 aliphatic carbocycles. The first-order valence-corrected chi connectivity index (χ1v) is 5.93. The largest absolute Gasteiger partial charge is 0.351 e. The molecule has 3 heteroatoms. The van der Waals surface area contributed by atoms with Gasteiger partial charge in [-0.2, -0.15) is 0 Å². The number of thiophene rings is 1. The van der Waals surface area contributed by atoms with Crippen LogP contribution in [0, 0.1) is 13.8 Å². The maximum atomic E-state index is 11.6. The van der Waals surface area contributed by atoms with E-state index in [1.807, 2.05) is 39.0 Å². The van der Waals surface area contributed by atoms with Crippen LogP contribution in [-0.4, -0.2) is 12.5 Å². The molecule has 0 unspecified atom stereocenters. The van der Waals surface area contributed by atoms with Crippen LogP contribution in [0.25, 0.3) is 0 Å². The lowest BCUT2D eigenvalue weighted by atomic mass is 10.3. The van der Waals surface area contributed by atoms with E-state index in [0.717, 1.165) is 11.3 Å². The Hall–Kier alpha value is -1.09. The summed E-state index contributed by atoms with van der Waals surface area (Å²) >= 11 is 1.56. The first kappa shape index (κ1) is 12.0.